The molecule has 0 rings (SSSR count). The molecule has 0 amide bonds. The third-order valence-electron chi connectivity index (χ3n) is 2.33. The smallest absolute Gasteiger partial charge is 0.209 e. The minimum Gasteiger partial charge on any atom is -0.312 e. The van der Waals surface area contributed by atoms with Crippen molar-refractivity contribution in [1.82, 2.24) is 10.0 Å². The topological polar surface area (TPSA) is 58.2 Å². The summed E-state index contributed by atoms with van der Waals surface area (Å²) in [4.78, 5) is 0. The maximum absolute atomic E-state index is 11.1. The molecular weight excluding hydrogens is 212 g/mol. The Bertz CT molecular complexity index is 284. The first kappa shape index (κ1) is 14.9. The van der Waals surface area contributed by atoms with Gasteiger partial charge in [0.15, 0.2) is 0 Å². The molecule has 0 fully saturated rings. The summed E-state index contributed by atoms with van der Waals surface area (Å²) in [6.07, 6.45) is 1.18. The van der Waals surface area contributed by atoms with Crippen LogP contribution < -0.4 is 10.0 Å². The summed E-state index contributed by atoms with van der Waals surface area (Å²) in [7, 11) is -3.14. The predicted molar refractivity (Wildman–Crippen MR) is 64.4 cm³/mol. The summed E-state index contributed by atoms with van der Waals surface area (Å²) < 4.78 is 24.8. The highest BCUT2D eigenvalue weighted by Crippen LogP contribution is 2.05. The molecule has 92 valence electrons. The molecule has 0 aliphatic rings. The third-order valence-corrected chi connectivity index (χ3v) is 3.25. The molecule has 0 bridgehead atoms. The lowest BCUT2D eigenvalue weighted by Gasteiger charge is -2.28. The molecule has 0 heterocycles. The Morgan fingerprint density at radius 2 is 1.67 bits per heavy atom. The van der Waals surface area contributed by atoms with Crippen molar-refractivity contribution in [3.8, 4) is 0 Å². The number of rotatable bonds is 6. The quantitative estimate of drug-likeness (QED) is 0.722. The number of nitrogens with one attached hydrogen (secondary N) is 2. The highest BCUT2D eigenvalue weighted by molar-refractivity contribution is 7.88. The maximum Gasteiger partial charge on any atom is 0.209 e. The molecule has 1 atom stereocenters. The second kappa shape index (κ2) is 5.27. The molecule has 0 radical (unpaired) electrons. The van der Waals surface area contributed by atoms with Crippen LogP contribution in [-0.2, 0) is 10.0 Å². The standard InChI is InChI=1S/C10H24N2O2S/c1-8(2)9(3)11-7-10(4,5)12-15(6,13)14/h8-9,11-12H,7H2,1-6H3. The van der Waals surface area contributed by atoms with Gasteiger partial charge in [-0.1, -0.05) is 13.8 Å². The molecule has 4 nitrogen and oxygen atoms in total. The molecule has 0 aromatic heterocycles. The van der Waals surface area contributed by atoms with Gasteiger partial charge in [-0.25, -0.2) is 13.1 Å². The first-order valence-corrected chi connectivity index (χ1v) is 7.15. The van der Waals surface area contributed by atoms with Gasteiger partial charge in [0.1, 0.15) is 0 Å². The molecular formula is C10H24N2O2S. The monoisotopic (exact) mass is 236 g/mol. The summed E-state index contributed by atoms with van der Waals surface area (Å²) in [5.74, 6) is 0.541. The van der Waals surface area contributed by atoms with E-state index in [2.05, 4.69) is 30.8 Å². The Balaban J connectivity index is 4.16. The number of hydrogen-bond donors (Lipinski definition) is 2. The van der Waals surface area contributed by atoms with E-state index < -0.39 is 15.6 Å². The van der Waals surface area contributed by atoms with E-state index in [1.54, 1.807) is 0 Å². The van der Waals surface area contributed by atoms with Crippen molar-refractivity contribution < 1.29 is 8.42 Å². The molecule has 0 saturated carbocycles. The predicted octanol–water partition coefficient (Wildman–Crippen LogP) is 0.948. The molecule has 15 heavy (non-hydrogen) atoms. The van der Waals surface area contributed by atoms with E-state index in [4.69, 9.17) is 0 Å². The second-order valence-corrected chi connectivity index (χ2v) is 6.92. The van der Waals surface area contributed by atoms with Gasteiger partial charge in [-0.15, -0.1) is 0 Å². The lowest BCUT2D eigenvalue weighted by Crippen LogP contribution is -2.52. The van der Waals surface area contributed by atoms with Gasteiger partial charge in [0.05, 0.1) is 6.26 Å². The zero-order chi connectivity index (χ0) is 12.3. The van der Waals surface area contributed by atoms with Crippen LogP contribution in [0.15, 0.2) is 0 Å². The van der Waals surface area contributed by atoms with Crippen LogP contribution in [0.3, 0.4) is 0 Å². The van der Waals surface area contributed by atoms with Gasteiger partial charge in [-0.2, -0.15) is 0 Å². The van der Waals surface area contributed by atoms with E-state index in [-0.39, 0.29) is 0 Å². The zero-order valence-electron chi connectivity index (χ0n) is 10.6. The average Bonchev–Trinajstić information content (AvgIpc) is 1.95. The molecule has 1 unspecified atom stereocenters. The minimum absolute atomic E-state index is 0.380. The van der Waals surface area contributed by atoms with Gasteiger partial charge in [-0.05, 0) is 26.7 Å². The van der Waals surface area contributed by atoms with Crippen molar-refractivity contribution in [3.63, 3.8) is 0 Å². The highest BCUT2D eigenvalue weighted by Gasteiger charge is 2.22. The Labute approximate surface area is 93.9 Å². The Kier molecular flexibility index (Phi) is 5.23. The van der Waals surface area contributed by atoms with Crippen LogP contribution in [0, 0.1) is 5.92 Å². The van der Waals surface area contributed by atoms with Crippen LogP contribution in [0.2, 0.25) is 0 Å². The number of hydrogen-bond acceptors (Lipinski definition) is 3. The molecule has 0 spiro atoms. The molecule has 0 saturated heterocycles. The highest BCUT2D eigenvalue weighted by atomic mass is 32.2. The van der Waals surface area contributed by atoms with Crippen LogP contribution in [0.5, 0.6) is 0 Å². The molecule has 0 aromatic carbocycles. The van der Waals surface area contributed by atoms with Crippen LogP contribution in [0.4, 0.5) is 0 Å². The first-order valence-electron chi connectivity index (χ1n) is 5.26. The van der Waals surface area contributed by atoms with Crippen LogP contribution in [0.1, 0.15) is 34.6 Å². The lowest BCUT2D eigenvalue weighted by molar-refractivity contribution is 0.356. The zero-order valence-corrected chi connectivity index (χ0v) is 11.4. The molecule has 5 heteroatoms. The summed E-state index contributed by atoms with van der Waals surface area (Å²) in [5.41, 5.74) is -0.448. The SMILES string of the molecule is CC(C)C(C)NCC(C)(C)NS(C)(=O)=O. The third kappa shape index (κ3) is 7.76. The van der Waals surface area contributed by atoms with Crippen LogP contribution >= 0.6 is 0 Å². The largest absolute Gasteiger partial charge is 0.312 e. The fourth-order valence-electron chi connectivity index (χ4n) is 1.19. The molecule has 2 N–H and O–H groups in total. The summed E-state index contributed by atoms with van der Waals surface area (Å²) in [5, 5.41) is 3.32. The maximum atomic E-state index is 11.1. The minimum atomic E-state index is -3.14. The van der Waals surface area contributed by atoms with E-state index >= 15 is 0 Å². The fraction of sp³-hybridized carbons (Fsp3) is 1.00. The lowest BCUT2D eigenvalue weighted by atomic mass is 10.0. The van der Waals surface area contributed by atoms with Gasteiger partial charge >= 0.3 is 0 Å². The summed E-state index contributed by atoms with van der Waals surface area (Å²) in [6, 6.07) is 0.380. The molecule has 0 aromatic rings. The van der Waals surface area contributed by atoms with E-state index in [0.29, 0.717) is 18.5 Å². The van der Waals surface area contributed by atoms with Gasteiger partial charge in [0.2, 0.25) is 10.0 Å². The average molecular weight is 236 g/mol. The van der Waals surface area contributed by atoms with Gasteiger partial charge in [0, 0.05) is 18.1 Å². The van der Waals surface area contributed by atoms with E-state index in [1.165, 1.54) is 6.26 Å². The van der Waals surface area contributed by atoms with Crippen molar-refractivity contribution in [2.75, 3.05) is 12.8 Å². The van der Waals surface area contributed by atoms with Crippen molar-refractivity contribution in [3.05, 3.63) is 0 Å². The van der Waals surface area contributed by atoms with Crippen LogP contribution in [0.25, 0.3) is 0 Å². The van der Waals surface area contributed by atoms with Gasteiger partial charge < -0.3 is 5.32 Å². The Morgan fingerprint density at radius 1 is 1.20 bits per heavy atom. The molecule has 0 aliphatic heterocycles. The van der Waals surface area contributed by atoms with E-state index in [9.17, 15) is 8.42 Å². The van der Waals surface area contributed by atoms with Crippen molar-refractivity contribution in [2.24, 2.45) is 5.92 Å². The van der Waals surface area contributed by atoms with Gasteiger partial charge in [0.25, 0.3) is 0 Å². The number of sulfonamides is 1. The fourth-order valence-corrected chi connectivity index (χ4v) is 2.27. The normalized spacial score (nSPS) is 15.7. The van der Waals surface area contributed by atoms with Crippen molar-refractivity contribution in [2.45, 2.75) is 46.2 Å². The Hall–Kier alpha value is -0.130. The van der Waals surface area contributed by atoms with Crippen molar-refractivity contribution in [1.29, 1.82) is 0 Å². The summed E-state index contributed by atoms with van der Waals surface area (Å²) in [6.45, 7) is 10.7. The van der Waals surface area contributed by atoms with E-state index in [1.807, 2.05) is 13.8 Å². The van der Waals surface area contributed by atoms with Crippen molar-refractivity contribution >= 4 is 10.0 Å². The second-order valence-electron chi connectivity index (χ2n) is 5.17. The van der Waals surface area contributed by atoms with E-state index in [0.717, 1.165) is 0 Å². The molecule has 0 aliphatic carbocycles. The summed E-state index contributed by atoms with van der Waals surface area (Å²) >= 11 is 0. The first-order chi connectivity index (χ1) is 6.53. The van der Waals surface area contributed by atoms with Gasteiger partial charge in [-0.3, -0.25) is 0 Å². The van der Waals surface area contributed by atoms with Crippen LogP contribution in [-0.4, -0.2) is 32.8 Å². The Morgan fingerprint density at radius 3 is 2.00 bits per heavy atom.